The lowest BCUT2D eigenvalue weighted by molar-refractivity contribution is 0.206. The first-order chi connectivity index (χ1) is 7.58. The van der Waals surface area contributed by atoms with E-state index in [-0.39, 0.29) is 6.10 Å². The number of halogens is 1. The summed E-state index contributed by atoms with van der Waals surface area (Å²) < 4.78 is 5.73. The van der Waals surface area contributed by atoms with Crippen molar-refractivity contribution < 1.29 is 4.74 Å². The van der Waals surface area contributed by atoms with E-state index in [1.54, 1.807) is 0 Å². The van der Waals surface area contributed by atoms with E-state index in [0.717, 1.165) is 30.7 Å². The van der Waals surface area contributed by atoms with Crippen LogP contribution >= 0.6 is 11.6 Å². The Kier molecular flexibility index (Phi) is 5.00. The number of ether oxygens (including phenoxy) is 1. The van der Waals surface area contributed by atoms with Gasteiger partial charge >= 0.3 is 0 Å². The Morgan fingerprint density at radius 3 is 2.56 bits per heavy atom. The van der Waals surface area contributed by atoms with Gasteiger partial charge in [-0.05, 0) is 26.7 Å². The maximum Gasteiger partial charge on any atom is 0.221 e. The number of rotatable bonds is 5. The SMILES string of the molecule is CCCc1nc(Cl)c(C)c(OC(C)CC)n1. The third-order valence-corrected chi connectivity index (χ3v) is 2.82. The van der Waals surface area contributed by atoms with Crippen LogP contribution in [0.5, 0.6) is 5.88 Å². The Labute approximate surface area is 102 Å². The summed E-state index contributed by atoms with van der Waals surface area (Å²) in [6.45, 7) is 8.08. The van der Waals surface area contributed by atoms with Gasteiger partial charge in [-0.3, -0.25) is 0 Å². The first-order valence-corrected chi connectivity index (χ1v) is 6.15. The number of nitrogens with zero attached hydrogens (tertiary/aromatic N) is 2. The summed E-state index contributed by atoms with van der Waals surface area (Å²) in [6, 6.07) is 0. The molecule has 4 heteroatoms. The highest BCUT2D eigenvalue weighted by Gasteiger charge is 2.12. The molecular weight excluding hydrogens is 224 g/mol. The molecule has 0 bridgehead atoms. The van der Waals surface area contributed by atoms with Gasteiger partial charge in [0.2, 0.25) is 5.88 Å². The Morgan fingerprint density at radius 2 is 2.00 bits per heavy atom. The monoisotopic (exact) mass is 242 g/mol. The average Bonchev–Trinajstić information content (AvgIpc) is 2.25. The number of hydrogen-bond donors (Lipinski definition) is 0. The van der Waals surface area contributed by atoms with E-state index >= 15 is 0 Å². The fraction of sp³-hybridized carbons (Fsp3) is 0.667. The standard InChI is InChI=1S/C12H19ClN2O/c1-5-7-10-14-11(13)9(4)12(15-10)16-8(3)6-2/h8H,5-7H2,1-4H3. The zero-order valence-corrected chi connectivity index (χ0v) is 11.1. The first-order valence-electron chi connectivity index (χ1n) is 5.78. The van der Waals surface area contributed by atoms with E-state index in [2.05, 4.69) is 23.8 Å². The van der Waals surface area contributed by atoms with Crippen LogP contribution in [0.4, 0.5) is 0 Å². The summed E-state index contributed by atoms with van der Waals surface area (Å²) in [5.74, 6) is 1.38. The Balaban J connectivity index is 2.96. The van der Waals surface area contributed by atoms with Crippen molar-refractivity contribution in [3.05, 3.63) is 16.5 Å². The highest BCUT2D eigenvalue weighted by Crippen LogP contribution is 2.23. The minimum atomic E-state index is 0.152. The smallest absolute Gasteiger partial charge is 0.221 e. The molecule has 1 rings (SSSR count). The van der Waals surface area contributed by atoms with Crippen molar-refractivity contribution in [2.75, 3.05) is 0 Å². The molecule has 1 aromatic rings. The van der Waals surface area contributed by atoms with Crippen molar-refractivity contribution in [2.45, 2.75) is 53.1 Å². The molecule has 0 fully saturated rings. The van der Waals surface area contributed by atoms with E-state index in [4.69, 9.17) is 16.3 Å². The lowest BCUT2D eigenvalue weighted by Crippen LogP contribution is -2.13. The summed E-state index contributed by atoms with van der Waals surface area (Å²) in [4.78, 5) is 8.62. The van der Waals surface area contributed by atoms with Crippen LogP contribution in [0.1, 0.15) is 45.0 Å². The molecule has 16 heavy (non-hydrogen) atoms. The van der Waals surface area contributed by atoms with Gasteiger partial charge in [0.15, 0.2) is 0 Å². The van der Waals surface area contributed by atoms with Gasteiger partial charge in [0, 0.05) is 12.0 Å². The van der Waals surface area contributed by atoms with Gasteiger partial charge in [-0.1, -0.05) is 25.4 Å². The Bertz CT molecular complexity index is 355. The predicted octanol–water partition coefficient (Wildman–Crippen LogP) is 3.57. The fourth-order valence-electron chi connectivity index (χ4n) is 1.24. The minimum Gasteiger partial charge on any atom is -0.474 e. The van der Waals surface area contributed by atoms with Gasteiger partial charge in [-0.2, -0.15) is 4.98 Å². The highest BCUT2D eigenvalue weighted by molar-refractivity contribution is 6.30. The summed E-state index contributed by atoms with van der Waals surface area (Å²) in [7, 11) is 0. The minimum absolute atomic E-state index is 0.152. The maximum absolute atomic E-state index is 6.05. The molecule has 90 valence electrons. The van der Waals surface area contributed by atoms with Gasteiger partial charge in [0.1, 0.15) is 11.0 Å². The second-order valence-corrected chi connectivity index (χ2v) is 4.31. The van der Waals surface area contributed by atoms with E-state index < -0.39 is 0 Å². The molecule has 0 aliphatic heterocycles. The fourth-order valence-corrected chi connectivity index (χ4v) is 1.41. The van der Waals surface area contributed by atoms with Crippen LogP contribution < -0.4 is 4.74 Å². The van der Waals surface area contributed by atoms with E-state index in [9.17, 15) is 0 Å². The molecule has 1 atom stereocenters. The first kappa shape index (κ1) is 13.2. The third-order valence-electron chi connectivity index (χ3n) is 2.45. The zero-order chi connectivity index (χ0) is 12.1. The van der Waals surface area contributed by atoms with Crippen molar-refractivity contribution in [3.8, 4) is 5.88 Å². The van der Waals surface area contributed by atoms with E-state index in [0.29, 0.717) is 11.0 Å². The molecule has 1 heterocycles. The normalized spacial score (nSPS) is 12.6. The predicted molar refractivity (Wildman–Crippen MR) is 66.2 cm³/mol. The van der Waals surface area contributed by atoms with E-state index in [1.165, 1.54) is 0 Å². The quantitative estimate of drug-likeness (QED) is 0.741. The number of aromatic nitrogens is 2. The molecule has 0 aliphatic rings. The molecule has 0 aromatic carbocycles. The second kappa shape index (κ2) is 6.04. The molecule has 0 N–H and O–H groups in total. The van der Waals surface area contributed by atoms with Crippen molar-refractivity contribution in [1.29, 1.82) is 0 Å². The molecule has 0 spiro atoms. The molecular formula is C12H19ClN2O. The molecule has 0 amide bonds. The van der Waals surface area contributed by atoms with Gasteiger partial charge in [-0.15, -0.1) is 0 Å². The van der Waals surface area contributed by atoms with E-state index in [1.807, 2.05) is 13.8 Å². The average molecular weight is 243 g/mol. The third kappa shape index (κ3) is 3.34. The largest absolute Gasteiger partial charge is 0.474 e. The summed E-state index contributed by atoms with van der Waals surface area (Å²) in [6.07, 6.45) is 2.93. The van der Waals surface area contributed by atoms with Crippen molar-refractivity contribution >= 4 is 11.6 Å². The summed E-state index contributed by atoms with van der Waals surface area (Å²) in [5.41, 5.74) is 0.821. The molecule has 1 unspecified atom stereocenters. The number of aryl methyl sites for hydroxylation is 1. The summed E-state index contributed by atoms with van der Waals surface area (Å²) >= 11 is 6.05. The molecule has 3 nitrogen and oxygen atoms in total. The molecule has 0 aliphatic carbocycles. The number of hydrogen-bond acceptors (Lipinski definition) is 3. The highest BCUT2D eigenvalue weighted by atomic mass is 35.5. The van der Waals surface area contributed by atoms with Gasteiger partial charge in [0.25, 0.3) is 0 Å². The van der Waals surface area contributed by atoms with Crippen molar-refractivity contribution in [3.63, 3.8) is 0 Å². The zero-order valence-electron chi connectivity index (χ0n) is 10.4. The second-order valence-electron chi connectivity index (χ2n) is 3.95. The lowest BCUT2D eigenvalue weighted by Gasteiger charge is -2.14. The Morgan fingerprint density at radius 1 is 1.31 bits per heavy atom. The lowest BCUT2D eigenvalue weighted by atomic mass is 10.3. The van der Waals surface area contributed by atoms with Crippen molar-refractivity contribution in [1.82, 2.24) is 9.97 Å². The van der Waals surface area contributed by atoms with Crippen LogP contribution in [0.15, 0.2) is 0 Å². The van der Waals surface area contributed by atoms with Crippen LogP contribution in [0.25, 0.3) is 0 Å². The molecule has 0 saturated heterocycles. The molecule has 0 radical (unpaired) electrons. The van der Waals surface area contributed by atoms with Gasteiger partial charge in [0.05, 0.1) is 6.10 Å². The van der Waals surface area contributed by atoms with Gasteiger partial charge in [-0.25, -0.2) is 4.98 Å². The van der Waals surface area contributed by atoms with Crippen LogP contribution in [0, 0.1) is 6.92 Å². The maximum atomic E-state index is 6.05. The van der Waals surface area contributed by atoms with Crippen LogP contribution in [0.2, 0.25) is 5.15 Å². The van der Waals surface area contributed by atoms with Crippen LogP contribution in [-0.2, 0) is 6.42 Å². The van der Waals surface area contributed by atoms with Crippen LogP contribution in [0.3, 0.4) is 0 Å². The molecule has 1 aromatic heterocycles. The Hall–Kier alpha value is -0.830. The van der Waals surface area contributed by atoms with Gasteiger partial charge < -0.3 is 4.74 Å². The van der Waals surface area contributed by atoms with Crippen molar-refractivity contribution in [2.24, 2.45) is 0 Å². The molecule has 0 saturated carbocycles. The summed E-state index contributed by atoms with van der Waals surface area (Å²) in [5, 5.41) is 0.497. The van der Waals surface area contributed by atoms with Crippen LogP contribution in [-0.4, -0.2) is 16.1 Å². The topological polar surface area (TPSA) is 35.0 Å².